The molecule has 0 aromatic heterocycles. The normalized spacial score (nSPS) is 38.2. The number of hydrogen-bond acceptors (Lipinski definition) is 3. The molecule has 5 fully saturated rings. The van der Waals surface area contributed by atoms with Crippen molar-refractivity contribution < 1.29 is 9.90 Å². The van der Waals surface area contributed by atoms with Gasteiger partial charge in [0.05, 0.1) is 17.3 Å². The molecular weight excluding hydrogens is 348 g/mol. The molecule has 1 amide bonds. The Hall–Kier alpha value is -2.07. The number of rotatable bonds is 2. The predicted octanol–water partition coefficient (Wildman–Crippen LogP) is 4.12. The monoisotopic (exact) mass is 376 g/mol. The fourth-order valence-electron chi connectivity index (χ4n) is 7.12. The highest BCUT2D eigenvalue weighted by Gasteiger charge is 2.63. The molecule has 4 bridgehead atoms. The molecule has 4 heteroatoms. The molecule has 0 radical (unpaired) electrons. The van der Waals surface area contributed by atoms with Crippen LogP contribution in [0.1, 0.15) is 46.0 Å². The fraction of sp³-hybridized carbons (Fsp3) is 0.542. The van der Waals surface area contributed by atoms with Crippen molar-refractivity contribution in [3.05, 3.63) is 42.5 Å². The molecule has 2 aromatic rings. The molecule has 4 aliphatic carbocycles. The van der Waals surface area contributed by atoms with Gasteiger partial charge >= 0.3 is 0 Å². The van der Waals surface area contributed by atoms with Crippen LogP contribution in [0.3, 0.4) is 0 Å². The summed E-state index contributed by atoms with van der Waals surface area (Å²) < 4.78 is 0. The number of hydrogen-bond donors (Lipinski definition) is 1. The third-order valence-electron chi connectivity index (χ3n) is 7.94. The van der Waals surface area contributed by atoms with Gasteiger partial charge in [0.15, 0.2) is 0 Å². The summed E-state index contributed by atoms with van der Waals surface area (Å²) >= 11 is 0. The van der Waals surface area contributed by atoms with Crippen LogP contribution in [-0.2, 0) is 4.79 Å². The van der Waals surface area contributed by atoms with E-state index in [0.717, 1.165) is 37.8 Å². The van der Waals surface area contributed by atoms with E-state index < -0.39 is 11.1 Å². The van der Waals surface area contributed by atoms with Crippen LogP contribution in [-0.4, -0.2) is 33.2 Å². The van der Waals surface area contributed by atoms with Crippen molar-refractivity contribution in [3.63, 3.8) is 0 Å². The molecule has 1 N–H and O–H groups in total. The maximum absolute atomic E-state index is 13.3. The molecule has 146 valence electrons. The van der Waals surface area contributed by atoms with Crippen LogP contribution in [0.2, 0.25) is 0 Å². The number of carbonyl (C=O) groups excluding carboxylic acids is 1. The second-order valence-electron chi connectivity index (χ2n) is 10.2. The van der Waals surface area contributed by atoms with Crippen LogP contribution in [0.5, 0.6) is 0 Å². The summed E-state index contributed by atoms with van der Waals surface area (Å²) in [6, 6.07) is 15.0. The van der Waals surface area contributed by atoms with Crippen molar-refractivity contribution in [2.45, 2.75) is 63.1 Å². The predicted molar refractivity (Wildman–Crippen MR) is 110 cm³/mol. The number of aliphatic hydroxyl groups is 1. The van der Waals surface area contributed by atoms with Gasteiger partial charge in [0.2, 0.25) is 0 Å². The van der Waals surface area contributed by atoms with Crippen LogP contribution >= 0.6 is 0 Å². The van der Waals surface area contributed by atoms with Crippen LogP contribution in [0.15, 0.2) is 42.5 Å². The minimum Gasteiger partial charge on any atom is -0.390 e. The van der Waals surface area contributed by atoms with E-state index in [4.69, 9.17) is 0 Å². The first kappa shape index (κ1) is 16.8. The van der Waals surface area contributed by atoms with Crippen LogP contribution < -0.4 is 5.01 Å². The Labute approximate surface area is 166 Å². The van der Waals surface area contributed by atoms with E-state index in [1.807, 2.05) is 13.8 Å². The van der Waals surface area contributed by atoms with Gasteiger partial charge in [0.1, 0.15) is 5.54 Å². The quantitative estimate of drug-likeness (QED) is 0.857. The van der Waals surface area contributed by atoms with E-state index in [-0.39, 0.29) is 11.9 Å². The van der Waals surface area contributed by atoms with E-state index in [1.165, 1.54) is 10.8 Å². The van der Waals surface area contributed by atoms with Crippen molar-refractivity contribution in [2.24, 2.45) is 17.8 Å². The second kappa shape index (κ2) is 5.29. The number of nitrogens with zero attached hydrogens (tertiary/aromatic N) is 2. The Morgan fingerprint density at radius 3 is 2.36 bits per heavy atom. The molecule has 2 aromatic carbocycles. The largest absolute Gasteiger partial charge is 0.390 e. The molecule has 1 heterocycles. The minimum absolute atomic E-state index is 0.227. The van der Waals surface area contributed by atoms with Gasteiger partial charge < -0.3 is 5.11 Å². The number of anilines is 1. The van der Waals surface area contributed by atoms with Gasteiger partial charge in [-0.15, -0.1) is 0 Å². The highest BCUT2D eigenvalue weighted by atomic mass is 16.3. The SMILES string of the molecule is CC1(C)C(=O)N(C2[C@@H]3CC4C[C@H]2CC(O)(C4)C3)N1c1cccc2ccccc12. The van der Waals surface area contributed by atoms with E-state index in [0.29, 0.717) is 17.8 Å². The third kappa shape index (κ3) is 2.07. The van der Waals surface area contributed by atoms with E-state index in [1.54, 1.807) is 0 Å². The third-order valence-corrected chi connectivity index (χ3v) is 7.94. The molecule has 4 saturated carbocycles. The first-order chi connectivity index (χ1) is 13.4. The fourth-order valence-corrected chi connectivity index (χ4v) is 7.12. The second-order valence-corrected chi connectivity index (χ2v) is 10.2. The zero-order chi connectivity index (χ0) is 19.3. The molecule has 1 aliphatic heterocycles. The Morgan fingerprint density at radius 2 is 1.64 bits per heavy atom. The number of carbonyl (C=O) groups is 1. The Balaban J connectivity index is 1.44. The maximum atomic E-state index is 13.3. The Morgan fingerprint density at radius 1 is 0.964 bits per heavy atom. The summed E-state index contributed by atoms with van der Waals surface area (Å²) in [6.07, 6.45) is 5.02. The summed E-state index contributed by atoms with van der Waals surface area (Å²) in [5.74, 6) is 1.72. The van der Waals surface area contributed by atoms with Crippen LogP contribution in [0, 0.1) is 17.8 Å². The number of fused-ring (bicyclic) bond motifs is 1. The number of hydrazine groups is 1. The van der Waals surface area contributed by atoms with Gasteiger partial charge in [-0.2, -0.15) is 0 Å². The molecular formula is C24H28N2O2. The molecule has 1 saturated heterocycles. The van der Waals surface area contributed by atoms with Gasteiger partial charge in [-0.3, -0.25) is 9.80 Å². The van der Waals surface area contributed by atoms with Gasteiger partial charge in [0.25, 0.3) is 5.91 Å². The molecule has 5 atom stereocenters. The van der Waals surface area contributed by atoms with Gasteiger partial charge in [0, 0.05) is 5.39 Å². The summed E-state index contributed by atoms with van der Waals surface area (Å²) in [5.41, 5.74) is 0.117. The summed E-state index contributed by atoms with van der Waals surface area (Å²) in [5, 5.41) is 17.7. The lowest BCUT2D eigenvalue weighted by Crippen LogP contribution is -2.81. The van der Waals surface area contributed by atoms with Crippen molar-refractivity contribution in [3.8, 4) is 0 Å². The van der Waals surface area contributed by atoms with Crippen molar-refractivity contribution in [2.75, 3.05) is 5.01 Å². The molecule has 5 aliphatic rings. The van der Waals surface area contributed by atoms with Crippen molar-refractivity contribution in [1.82, 2.24) is 5.01 Å². The molecule has 3 unspecified atom stereocenters. The van der Waals surface area contributed by atoms with Gasteiger partial charge in [-0.1, -0.05) is 36.4 Å². The zero-order valence-electron chi connectivity index (χ0n) is 16.6. The Kier molecular flexibility index (Phi) is 3.18. The van der Waals surface area contributed by atoms with E-state index in [9.17, 15) is 9.90 Å². The maximum Gasteiger partial charge on any atom is 0.268 e. The lowest BCUT2D eigenvalue weighted by molar-refractivity contribution is -0.190. The Bertz CT molecular complexity index is 962. The van der Waals surface area contributed by atoms with Crippen molar-refractivity contribution in [1.29, 1.82) is 0 Å². The topological polar surface area (TPSA) is 43.8 Å². The number of amides is 1. The molecule has 28 heavy (non-hydrogen) atoms. The van der Waals surface area contributed by atoms with Gasteiger partial charge in [-0.05, 0) is 75.2 Å². The number of benzene rings is 2. The highest BCUT2D eigenvalue weighted by molar-refractivity contribution is 6.03. The first-order valence-electron chi connectivity index (χ1n) is 10.7. The molecule has 0 spiro atoms. The average molecular weight is 377 g/mol. The highest BCUT2D eigenvalue weighted by Crippen LogP contribution is 2.59. The zero-order valence-corrected chi connectivity index (χ0v) is 16.6. The summed E-state index contributed by atoms with van der Waals surface area (Å²) in [7, 11) is 0. The smallest absolute Gasteiger partial charge is 0.268 e. The minimum atomic E-state index is -0.532. The van der Waals surface area contributed by atoms with E-state index >= 15 is 0 Å². The van der Waals surface area contributed by atoms with Crippen molar-refractivity contribution >= 4 is 22.4 Å². The first-order valence-corrected chi connectivity index (χ1v) is 10.7. The molecule has 4 nitrogen and oxygen atoms in total. The van der Waals surface area contributed by atoms with E-state index in [2.05, 4.69) is 52.5 Å². The molecule has 7 rings (SSSR count). The lowest BCUT2D eigenvalue weighted by Gasteiger charge is -2.67. The summed E-state index contributed by atoms with van der Waals surface area (Å²) in [4.78, 5) is 13.3. The average Bonchev–Trinajstić information content (AvgIpc) is 2.65. The van der Waals surface area contributed by atoms with Gasteiger partial charge in [-0.25, -0.2) is 5.01 Å². The van der Waals surface area contributed by atoms with Crippen LogP contribution in [0.25, 0.3) is 10.8 Å². The lowest BCUT2D eigenvalue weighted by atomic mass is 9.52. The van der Waals surface area contributed by atoms with Crippen LogP contribution in [0.4, 0.5) is 5.69 Å². The standard InChI is InChI=1S/C24H28N2O2/c1-23(2)22(27)25(21-17-10-15-11-18(21)14-24(28,12-15)13-17)26(23)20-9-5-7-16-6-3-4-8-19(16)20/h3-9,15,17-18,21,28H,10-14H2,1-2H3/t15?,17-,18+,21?,24?. The summed E-state index contributed by atoms with van der Waals surface area (Å²) in [6.45, 7) is 4.08.